The Labute approximate surface area is 172 Å². The van der Waals surface area contributed by atoms with Crippen molar-refractivity contribution in [2.45, 2.75) is 51.0 Å². The molecule has 168 valence electrons. The summed E-state index contributed by atoms with van der Waals surface area (Å²) in [5.41, 5.74) is -0.746. The Morgan fingerprint density at radius 2 is 2.00 bits per heavy atom. The number of alkyl halides is 3. The van der Waals surface area contributed by atoms with E-state index in [2.05, 4.69) is 4.74 Å². The van der Waals surface area contributed by atoms with Crippen LogP contribution in [-0.2, 0) is 14.9 Å². The quantitative estimate of drug-likeness (QED) is 0.471. The summed E-state index contributed by atoms with van der Waals surface area (Å²) in [7, 11) is -4.32. The molecular weight excluding hydrogens is 429 g/mol. The molecule has 30 heavy (non-hydrogen) atoms. The SMILES string of the molecule is CCC1(Oc2cc(C(=O)OCCS(=O)(=O)O)ccc2OC(F)(F)F)CC2CCC1C2. The lowest BCUT2D eigenvalue weighted by atomic mass is 9.82. The molecule has 3 unspecified atom stereocenters. The van der Waals surface area contributed by atoms with Gasteiger partial charge in [0, 0.05) is 0 Å². The van der Waals surface area contributed by atoms with Gasteiger partial charge >= 0.3 is 12.3 Å². The van der Waals surface area contributed by atoms with Crippen molar-refractivity contribution in [3.05, 3.63) is 23.8 Å². The largest absolute Gasteiger partial charge is 0.573 e. The van der Waals surface area contributed by atoms with E-state index in [0.29, 0.717) is 12.3 Å². The van der Waals surface area contributed by atoms with Crippen LogP contribution in [0.3, 0.4) is 0 Å². The van der Waals surface area contributed by atoms with Gasteiger partial charge in [-0.3, -0.25) is 4.55 Å². The molecule has 0 aromatic heterocycles. The Morgan fingerprint density at radius 1 is 1.27 bits per heavy atom. The first-order chi connectivity index (χ1) is 13.9. The highest BCUT2D eigenvalue weighted by Gasteiger charge is 2.52. The van der Waals surface area contributed by atoms with Crippen LogP contribution in [0.25, 0.3) is 0 Å². The van der Waals surface area contributed by atoms with Gasteiger partial charge in [0.15, 0.2) is 11.5 Å². The van der Waals surface area contributed by atoms with Crippen molar-refractivity contribution in [1.82, 2.24) is 0 Å². The number of benzene rings is 1. The van der Waals surface area contributed by atoms with Crippen LogP contribution in [0.2, 0.25) is 0 Å². The normalized spacial score (nSPS) is 25.9. The number of hydrogen-bond donors (Lipinski definition) is 1. The fraction of sp³-hybridized carbons (Fsp3) is 0.632. The number of fused-ring (bicyclic) bond motifs is 2. The number of ether oxygens (including phenoxy) is 3. The molecule has 2 bridgehead atoms. The highest BCUT2D eigenvalue weighted by Crippen LogP contribution is 2.54. The van der Waals surface area contributed by atoms with Crippen molar-refractivity contribution in [2.75, 3.05) is 12.4 Å². The van der Waals surface area contributed by atoms with Gasteiger partial charge in [0.1, 0.15) is 18.0 Å². The highest BCUT2D eigenvalue weighted by atomic mass is 32.2. The van der Waals surface area contributed by atoms with Crippen LogP contribution in [0.4, 0.5) is 13.2 Å². The minimum Gasteiger partial charge on any atom is -0.483 e. The summed E-state index contributed by atoms with van der Waals surface area (Å²) in [6, 6.07) is 3.15. The molecule has 0 amide bonds. The molecule has 1 aromatic carbocycles. The predicted molar refractivity (Wildman–Crippen MR) is 98.9 cm³/mol. The first-order valence-electron chi connectivity index (χ1n) is 9.62. The molecule has 2 saturated carbocycles. The van der Waals surface area contributed by atoms with Gasteiger partial charge in [-0.15, -0.1) is 13.2 Å². The third kappa shape index (κ3) is 5.37. The summed E-state index contributed by atoms with van der Waals surface area (Å²) in [6.07, 6.45) is -0.650. The average molecular weight is 452 g/mol. The first-order valence-corrected chi connectivity index (χ1v) is 11.2. The Kier molecular flexibility index (Phi) is 6.24. The zero-order chi connectivity index (χ0) is 22.2. The van der Waals surface area contributed by atoms with E-state index in [1.54, 1.807) is 0 Å². The monoisotopic (exact) mass is 452 g/mol. The molecule has 7 nitrogen and oxygen atoms in total. The van der Waals surface area contributed by atoms with E-state index in [1.807, 2.05) is 6.92 Å². The van der Waals surface area contributed by atoms with Crippen LogP contribution in [0, 0.1) is 11.8 Å². The van der Waals surface area contributed by atoms with E-state index in [0.717, 1.165) is 43.9 Å². The fourth-order valence-electron chi connectivity index (χ4n) is 4.49. The first kappa shape index (κ1) is 22.7. The molecule has 11 heteroatoms. The maximum atomic E-state index is 12.8. The smallest absolute Gasteiger partial charge is 0.483 e. The number of esters is 1. The van der Waals surface area contributed by atoms with Crippen molar-refractivity contribution < 1.29 is 45.1 Å². The molecule has 0 radical (unpaired) electrons. The number of carbonyl (C=O) groups excluding carboxylic acids is 1. The molecule has 2 fully saturated rings. The van der Waals surface area contributed by atoms with Crippen LogP contribution in [0.5, 0.6) is 11.5 Å². The minimum absolute atomic E-state index is 0.121. The fourth-order valence-corrected chi connectivity index (χ4v) is 4.78. The number of hydrogen-bond acceptors (Lipinski definition) is 6. The lowest BCUT2D eigenvalue weighted by Crippen LogP contribution is -2.41. The van der Waals surface area contributed by atoms with E-state index in [-0.39, 0.29) is 17.2 Å². The number of halogens is 3. The molecule has 2 aliphatic carbocycles. The maximum absolute atomic E-state index is 12.8. The van der Waals surface area contributed by atoms with Gasteiger partial charge in [-0.1, -0.05) is 6.92 Å². The molecule has 2 aliphatic rings. The molecule has 1 N–H and O–H groups in total. The third-order valence-electron chi connectivity index (χ3n) is 5.81. The van der Waals surface area contributed by atoms with Crippen LogP contribution in [-0.4, -0.2) is 43.3 Å². The molecule has 0 aliphatic heterocycles. The summed E-state index contributed by atoms with van der Waals surface area (Å²) >= 11 is 0. The molecule has 3 rings (SSSR count). The van der Waals surface area contributed by atoms with Gasteiger partial charge in [-0.2, -0.15) is 8.42 Å². The minimum atomic E-state index is -4.94. The zero-order valence-electron chi connectivity index (χ0n) is 16.3. The van der Waals surface area contributed by atoms with Gasteiger partial charge in [-0.05, 0) is 62.1 Å². The Hall–Kier alpha value is -2.01. The molecule has 3 atom stereocenters. The van der Waals surface area contributed by atoms with E-state index >= 15 is 0 Å². The van der Waals surface area contributed by atoms with Crippen LogP contribution in [0.1, 0.15) is 49.4 Å². The van der Waals surface area contributed by atoms with E-state index in [1.165, 1.54) is 0 Å². The number of carbonyl (C=O) groups is 1. The van der Waals surface area contributed by atoms with Crippen molar-refractivity contribution in [2.24, 2.45) is 11.8 Å². The van der Waals surface area contributed by atoms with Crippen LogP contribution in [0.15, 0.2) is 18.2 Å². The molecule has 0 saturated heterocycles. The van der Waals surface area contributed by atoms with Gasteiger partial charge in [0.25, 0.3) is 10.1 Å². The zero-order valence-corrected chi connectivity index (χ0v) is 17.1. The summed E-state index contributed by atoms with van der Waals surface area (Å²) in [5, 5.41) is 0. The molecule has 0 heterocycles. The second kappa shape index (κ2) is 8.26. The van der Waals surface area contributed by atoms with Crippen molar-refractivity contribution in [1.29, 1.82) is 0 Å². The summed E-state index contributed by atoms with van der Waals surface area (Å²) in [4.78, 5) is 12.2. The van der Waals surface area contributed by atoms with Crippen LogP contribution >= 0.6 is 0 Å². The maximum Gasteiger partial charge on any atom is 0.573 e. The highest BCUT2D eigenvalue weighted by molar-refractivity contribution is 7.85. The van der Waals surface area contributed by atoms with Gasteiger partial charge in [0.05, 0.1) is 5.56 Å². The average Bonchev–Trinajstić information content (AvgIpc) is 3.22. The van der Waals surface area contributed by atoms with Crippen molar-refractivity contribution >= 4 is 16.1 Å². The molecule has 1 aromatic rings. The van der Waals surface area contributed by atoms with Crippen molar-refractivity contribution in [3.63, 3.8) is 0 Å². The van der Waals surface area contributed by atoms with Gasteiger partial charge < -0.3 is 14.2 Å². The predicted octanol–water partition coefficient (Wildman–Crippen LogP) is 3.98. The second-order valence-corrected chi connectivity index (χ2v) is 9.30. The van der Waals surface area contributed by atoms with Gasteiger partial charge in [-0.25, -0.2) is 4.79 Å². The van der Waals surface area contributed by atoms with E-state index < -0.39 is 46.2 Å². The lowest BCUT2D eigenvalue weighted by Gasteiger charge is -2.38. The van der Waals surface area contributed by atoms with Crippen LogP contribution < -0.4 is 9.47 Å². The topological polar surface area (TPSA) is 99.1 Å². The summed E-state index contributed by atoms with van der Waals surface area (Å²) < 4.78 is 83.7. The van der Waals surface area contributed by atoms with Crippen molar-refractivity contribution in [3.8, 4) is 11.5 Å². The summed E-state index contributed by atoms with van der Waals surface area (Å²) in [6.45, 7) is 1.32. The number of rotatable bonds is 8. The standard InChI is InChI=1S/C19H23F3O7S/c1-2-18(11-12-3-5-14(18)9-12)28-16-10-13(4-6-15(16)29-19(20,21)22)17(23)27-7-8-30(24,25)26/h4,6,10,12,14H,2-3,5,7-9,11H2,1H3,(H,24,25,26). The molecule has 0 spiro atoms. The molecular formula is C19H23F3O7S. The lowest BCUT2D eigenvalue weighted by molar-refractivity contribution is -0.275. The second-order valence-electron chi connectivity index (χ2n) is 7.73. The van der Waals surface area contributed by atoms with Gasteiger partial charge in [0.2, 0.25) is 0 Å². The Bertz CT molecular complexity index is 900. The Balaban J connectivity index is 1.84. The van der Waals surface area contributed by atoms with E-state index in [9.17, 15) is 26.4 Å². The van der Waals surface area contributed by atoms with E-state index in [4.69, 9.17) is 14.0 Å². The summed E-state index contributed by atoms with van der Waals surface area (Å²) in [5.74, 6) is -1.84. The Morgan fingerprint density at radius 3 is 2.53 bits per heavy atom. The third-order valence-corrected chi connectivity index (χ3v) is 6.49.